The highest BCUT2D eigenvalue weighted by molar-refractivity contribution is 7.90. The minimum absolute atomic E-state index is 0.252. The highest BCUT2D eigenvalue weighted by atomic mass is 32.2. The molecule has 0 heterocycles. The summed E-state index contributed by atoms with van der Waals surface area (Å²) in [6, 6.07) is 6.27. The van der Waals surface area contributed by atoms with Crippen molar-refractivity contribution in [3.63, 3.8) is 0 Å². The predicted molar refractivity (Wildman–Crippen MR) is 83.0 cm³/mol. The number of rotatable bonds is 10. The molecule has 1 atom stereocenters. The van der Waals surface area contributed by atoms with Gasteiger partial charge in [0.25, 0.3) is 0 Å². The minimum Gasteiger partial charge on any atom is -0.387 e. The normalized spacial score (nSPS) is 13.0. The van der Waals surface area contributed by atoms with Gasteiger partial charge < -0.3 is 15.2 Å². The van der Waals surface area contributed by atoms with Crippen LogP contribution in [0.5, 0.6) is 0 Å². The maximum atomic E-state index is 11.3. The molecule has 0 aromatic heterocycles. The van der Waals surface area contributed by atoms with Crippen LogP contribution in [0, 0.1) is 0 Å². The summed E-state index contributed by atoms with van der Waals surface area (Å²) in [7, 11) is -3.20. The van der Waals surface area contributed by atoms with E-state index in [1.165, 1.54) is 12.1 Å². The van der Waals surface area contributed by atoms with E-state index in [2.05, 4.69) is 11.9 Å². The first kappa shape index (κ1) is 17.8. The highest BCUT2D eigenvalue weighted by Crippen LogP contribution is 2.15. The third kappa shape index (κ3) is 6.86. The van der Waals surface area contributed by atoms with E-state index in [4.69, 9.17) is 4.74 Å². The van der Waals surface area contributed by atoms with Crippen molar-refractivity contribution in [2.75, 3.05) is 32.6 Å². The maximum absolute atomic E-state index is 11.3. The van der Waals surface area contributed by atoms with Crippen LogP contribution in [0.15, 0.2) is 41.8 Å². The first-order chi connectivity index (χ1) is 9.95. The molecule has 0 saturated carbocycles. The van der Waals surface area contributed by atoms with Crippen LogP contribution in [0.25, 0.3) is 0 Å². The van der Waals surface area contributed by atoms with Crippen molar-refractivity contribution in [3.05, 3.63) is 42.5 Å². The predicted octanol–water partition coefficient (Wildman–Crippen LogP) is 1.31. The van der Waals surface area contributed by atoms with Gasteiger partial charge in [0.2, 0.25) is 0 Å². The highest BCUT2D eigenvalue weighted by Gasteiger charge is 2.10. The first-order valence-corrected chi connectivity index (χ1v) is 8.71. The second-order valence-corrected chi connectivity index (χ2v) is 6.77. The summed E-state index contributed by atoms with van der Waals surface area (Å²) in [6.45, 7) is 5.88. The van der Waals surface area contributed by atoms with Crippen LogP contribution in [-0.4, -0.2) is 46.1 Å². The quantitative estimate of drug-likeness (QED) is 0.503. The molecule has 1 unspecified atom stereocenters. The Balaban J connectivity index is 2.32. The molecule has 0 amide bonds. The molecule has 0 radical (unpaired) electrons. The van der Waals surface area contributed by atoms with Gasteiger partial charge in [0.1, 0.15) is 0 Å². The number of hydrogen-bond acceptors (Lipinski definition) is 5. The molecule has 118 valence electrons. The maximum Gasteiger partial charge on any atom is 0.175 e. The van der Waals surface area contributed by atoms with Crippen LogP contribution >= 0.6 is 0 Å². The molecule has 0 bridgehead atoms. The molecule has 0 fully saturated rings. The molecule has 0 aliphatic rings. The lowest BCUT2D eigenvalue weighted by Gasteiger charge is -2.12. The molecule has 0 aliphatic heterocycles. The standard InChI is InChI=1S/C15H23NO4S/c1-3-4-10-20-11-9-16-12-15(17)13-5-7-14(8-6-13)21(2,18)19/h3,5-8,15-17H,1,4,9-12H2,2H3. The number of sulfone groups is 1. The fourth-order valence-electron chi connectivity index (χ4n) is 1.71. The largest absolute Gasteiger partial charge is 0.387 e. The number of aliphatic hydroxyl groups is 1. The number of nitrogens with one attached hydrogen (secondary N) is 1. The number of hydrogen-bond donors (Lipinski definition) is 2. The fraction of sp³-hybridized carbons (Fsp3) is 0.467. The molecular formula is C15H23NO4S. The van der Waals surface area contributed by atoms with Crippen LogP contribution < -0.4 is 5.32 Å². The van der Waals surface area contributed by atoms with E-state index in [9.17, 15) is 13.5 Å². The molecule has 0 saturated heterocycles. The molecule has 1 aromatic rings. The molecule has 6 heteroatoms. The molecular weight excluding hydrogens is 290 g/mol. The Hall–Kier alpha value is -1.21. The zero-order valence-corrected chi connectivity index (χ0v) is 13.1. The van der Waals surface area contributed by atoms with E-state index in [0.717, 1.165) is 12.7 Å². The summed E-state index contributed by atoms with van der Waals surface area (Å²) in [4.78, 5) is 0.252. The Morgan fingerprint density at radius 3 is 2.57 bits per heavy atom. The SMILES string of the molecule is C=CCCOCCNCC(O)c1ccc(S(C)(=O)=O)cc1. The van der Waals surface area contributed by atoms with Crippen LogP contribution in [0.4, 0.5) is 0 Å². The monoisotopic (exact) mass is 313 g/mol. The fourth-order valence-corrected chi connectivity index (χ4v) is 2.34. The van der Waals surface area contributed by atoms with Crippen molar-refractivity contribution in [1.82, 2.24) is 5.32 Å². The number of benzene rings is 1. The Morgan fingerprint density at radius 2 is 2.00 bits per heavy atom. The molecule has 2 N–H and O–H groups in total. The van der Waals surface area contributed by atoms with Gasteiger partial charge in [0.05, 0.1) is 24.2 Å². The summed E-state index contributed by atoms with van der Waals surface area (Å²) in [6.07, 6.45) is 3.12. The lowest BCUT2D eigenvalue weighted by atomic mass is 10.1. The van der Waals surface area contributed by atoms with Gasteiger partial charge in [-0.1, -0.05) is 18.2 Å². The van der Waals surface area contributed by atoms with E-state index in [1.54, 1.807) is 18.2 Å². The molecule has 5 nitrogen and oxygen atoms in total. The second-order valence-electron chi connectivity index (χ2n) is 4.75. The van der Waals surface area contributed by atoms with Gasteiger partial charge in [0.15, 0.2) is 9.84 Å². The van der Waals surface area contributed by atoms with Crippen molar-refractivity contribution in [3.8, 4) is 0 Å². The summed E-state index contributed by atoms with van der Waals surface area (Å²) < 4.78 is 28.0. The third-order valence-corrected chi connectivity index (χ3v) is 4.05. The van der Waals surface area contributed by atoms with Gasteiger partial charge >= 0.3 is 0 Å². The Morgan fingerprint density at radius 1 is 1.33 bits per heavy atom. The lowest BCUT2D eigenvalue weighted by Crippen LogP contribution is -2.25. The van der Waals surface area contributed by atoms with Crippen molar-refractivity contribution in [1.29, 1.82) is 0 Å². The first-order valence-electron chi connectivity index (χ1n) is 6.82. The average molecular weight is 313 g/mol. The van der Waals surface area contributed by atoms with Gasteiger partial charge in [-0.3, -0.25) is 0 Å². The van der Waals surface area contributed by atoms with Crippen LogP contribution in [0.3, 0.4) is 0 Å². The minimum atomic E-state index is -3.20. The Labute approximate surface area is 126 Å². The summed E-state index contributed by atoms with van der Waals surface area (Å²) in [5.41, 5.74) is 0.683. The zero-order chi connectivity index (χ0) is 15.7. The molecule has 0 aliphatic carbocycles. The molecule has 21 heavy (non-hydrogen) atoms. The molecule has 1 rings (SSSR count). The van der Waals surface area contributed by atoms with Gasteiger partial charge in [-0.15, -0.1) is 6.58 Å². The van der Waals surface area contributed by atoms with Gasteiger partial charge in [-0.05, 0) is 24.1 Å². The van der Waals surface area contributed by atoms with Crippen LogP contribution in [0.1, 0.15) is 18.1 Å². The Kier molecular flexibility index (Phi) is 7.60. The van der Waals surface area contributed by atoms with Gasteiger partial charge in [-0.25, -0.2) is 8.42 Å². The molecule has 0 spiro atoms. The van der Waals surface area contributed by atoms with Gasteiger partial charge in [0, 0.05) is 19.3 Å². The number of aliphatic hydroxyl groups excluding tert-OH is 1. The lowest BCUT2D eigenvalue weighted by molar-refractivity contribution is 0.131. The van der Waals surface area contributed by atoms with E-state index in [-0.39, 0.29) is 4.90 Å². The summed E-state index contributed by atoms with van der Waals surface area (Å²) in [5.74, 6) is 0. The van der Waals surface area contributed by atoms with E-state index >= 15 is 0 Å². The van der Waals surface area contributed by atoms with Crippen molar-refractivity contribution >= 4 is 9.84 Å². The van der Waals surface area contributed by atoms with Crippen molar-refractivity contribution in [2.24, 2.45) is 0 Å². The van der Waals surface area contributed by atoms with E-state index < -0.39 is 15.9 Å². The van der Waals surface area contributed by atoms with E-state index in [1.807, 2.05) is 0 Å². The zero-order valence-electron chi connectivity index (χ0n) is 12.3. The second kappa shape index (κ2) is 8.94. The number of ether oxygens (including phenoxy) is 1. The topological polar surface area (TPSA) is 75.6 Å². The Bertz CT molecular complexity index is 525. The van der Waals surface area contributed by atoms with Crippen molar-refractivity contribution < 1.29 is 18.3 Å². The average Bonchev–Trinajstić information content (AvgIpc) is 2.45. The summed E-state index contributed by atoms with van der Waals surface area (Å²) >= 11 is 0. The molecule has 1 aromatic carbocycles. The van der Waals surface area contributed by atoms with Gasteiger partial charge in [-0.2, -0.15) is 0 Å². The van der Waals surface area contributed by atoms with E-state index in [0.29, 0.717) is 31.9 Å². The smallest absolute Gasteiger partial charge is 0.175 e. The third-order valence-electron chi connectivity index (χ3n) is 2.92. The van der Waals surface area contributed by atoms with Crippen molar-refractivity contribution in [2.45, 2.75) is 17.4 Å². The van der Waals surface area contributed by atoms with Crippen LogP contribution in [0.2, 0.25) is 0 Å². The van der Waals surface area contributed by atoms with Crippen LogP contribution in [-0.2, 0) is 14.6 Å². The summed E-state index contributed by atoms with van der Waals surface area (Å²) in [5, 5.41) is 13.1.